The molecule has 2 rings (SSSR count). The molecule has 0 aromatic carbocycles. The Morgan fingerprint density at radius 3 is 2.81 bits per heavy atom. The topological polar surface area (TPSA) is 93.1 Å². The van der Waals surface area contributed by atoms with Gasteiger partial charge in [0.15, 0.2) is 12.3 Å². The van der Waals surface area contributed by atoms with E-state index in [2.05, 4.69) is 4.74 Å². The van der Waals surface area contributed by atoms with Crippen LogP contribution in [-0.2, 0) is 23.9 Å². The average Bonchev–Trinajstić information content (AvgIpc) is 2.51. The third-order valence-corrected chi connectivity index (χ3v) is 2.46. The number of β-lactam (4-membered cyclic amide) rings is 1. The highest BCUT2D eigenvalue weighted by molar-refractivity contribution is 5.93. The molecule has 16 heavy (non-hydrogen) atoms. The van der Waals surface area contributed by atoms with Gasteiger partial charge < -0.3 is 14.6 Å². The number of carbonyl (C=O) groups excluding carboxylic acids is 2. The lowest BCUT2D eigenvalue weighted by Crippen LogP contribution is -2.54. The molecule has 0 radical (unpaired) electrons. The first-order chi connectivity index (χ1) is 7.54. The van der Waals surface area contributed by atoms with E-state index in [1.807, 2.05) is 0 Å². The third kappa shape index (κ3) is 1.40. The van der Waals surface area contributed by atoms with Gasteiger partial charge in [0.05, 0.1) is 19.6 Å². The molecular formula is C9H9NO6. The maximum Gasteiger partial charge on any atom is 0.334 e. The van der Waals surface area contributed by atoms with Crippen LogP contribution in [-0.4, -0.2) is 47.2 Å². The SMILES string of the molecule is COC(=O)/C=C1/OC2CC(=O)N2C1C(=O)O. The summed E-state index contributed by atoms with van der Waals surface area (Å²) in [5, 5.41) is 8.94. The fraction of sp³-hybridized carbons (Fsp3) is 0.444. The molecule has 2 fully saturated rings. The number of ether oxygens (including phenoxy) is 2. The van der Waals surface area contributed by atoms with Crippen molar-refractivity contribution in [3.8, 4) is 0 Å². The largest absolute Gasteiger partial charge is 0.479 e. The highest BCUT2D eigenvalue weighted by Crippen LogP contribution is 2.36. The number of amides is 1. The quantitative estimate of drug-likeness (QED) is 0.372. The molecule has 0 bridgehead atoms. The molecule has 0 aliphatic carbocycles. The molecule has 2 heterocycles. The lowest BCUT2D eigenvalue weighted by Gasteiger charge is -2.33. The summed E-state index contributed by atoms with van der Waals surface area (Å²) >= 11 is 0. The summed E-state index contributed by atoms with van der Waals surface area (Å²) < 4.78 is 9.53. The Morgan fingerprint density at radius 2 is 2.31 bits per heavy atom. The molecule has 1 N–H and O–H groups in total. The van der Waals surface area contributed by atoms with E-state index in [9.17, 15) is 14.4 Å². The summed E-state index contributed by atoms with van der Waals surface area (Å²) in [5.41, 5.74) is 0. The molecule has 7 heteroatoms. The van der Waals surface area contributed by atoms with E-state index in [1.165, 1.54) is 7.11 Å². The van der Waals surface area contributed by atoms with Gasteiger partial charge in [-0.1, -0.05) is 0 Å². The van der Waals surface area contributed by atoms with E-state index >= 15 is 0 Å². The van der Waals surface area contributed by atoms with Gasteiger partial charge in [-0.3, -0.25) is 9.69 Å². The molecule has 0 aromatic heterocycles. The Labute approximate surface area is 90.2 Å². The molecule has 0 saturated carbocycles. The smallest absolute Gasteiger partial charge is 0.334 e. The Kier molecular flexibility index (Phi) is 2.30. The minimum Gasteiger partial charge on any atom is -0.479 e. The third-order valence-electron chi connectivity index (χ3n) is 2.46. The Hall–Kier alpha value is -2.05. The molecule has 2 atom stereocenters. The number of carboxylic acid groups (broad SMARTS) is 1. The van der Waals surface area contributed by atoms with Crippen molar-refractivity contribution in [2.75, 3.05) is 7.11 Å². The highest BCUT2D eigenvalue weighted by Gasteiger charge is 2.53. The molecule has 7 nitrogen and oxygen atoms in total. The van der Waals surface area contributed by atoms with Crippen LogP contribution in [0.4, 0.5) is 0 Å². The van der Waals surface area contributed by atoms with Gasteiger partial charge in [-0.05, 0) is 0 Å². The lowest BCUT2D eigenvalue weighted by atomic mass is 10.1. The molecule has 2 saturated heterocycles. The molecule has 1 amide bonds. The number of aliphatic carboxylic acids is 1. The van der Waals surface area contributed by atoms with Crippen LogP contribution in [0.2, 0.25) is 0 Å². The van der Waals surface area contributed by atoms with Crippen LogP contribution in [0.25, 0.3) is 0 Å². The number of hydrogen-bond donors (Lipinski definition) is 1. The van der Waals surface area contributed by atoms with Crippen molar-refractivity contribution in [2.45, 2.75) is 18.7 Å². The predicted molar refractivity (Wildman–Crippen MR) is 47.9 cm³/mol. The van der Waals surface area contributed by atoms with Gasteiger partial charge in [-0.2, -0.15) is 0 Å². The minimum atomic E-state index is -1.23. The van der Waals surface area contributed by atoms with Gasteiger partial charge in [0.25, 0.3) is 0 Å². The lowest BCUT2D eigenvalue weighted by molar-refractivity contribution is -0.163. The number of carbonyl (C=O) groups is 3. The summed E-state index contributed by atoms with van der Waals surface area (Å²) in [4.78, 5) is 34.2. The van der Waals surface area contributed by atoms with Crippen LogP contribution in [0.15, 0.2) is 11.8 Å². The summed E-state index contributed by atoms with van der Waals surface area (Å²) in [6.07, 6.45) is 0.525. The van der Waals surface area contributed by atoms with Crippen molar-refractivity contribution in [1.82, 2.24) is 4.90 Å². The molecule has 0 aromatic rings. The van der Waals surface area contributed by atoms with Gasteiger partial charge in [0.1, 0.15) is 5.76 Å². The summed E-state index contributed by atoms with van der Waals surface area (Å²) in [7, 11) is 1.17. The van der Waals surface area contributed by atoms with E-state index in [0.29, 0.717) is 0 Å². The van der Waals surface area contributed by atoms with Crippen molar-refractivity contribution in [1.29, 1.82) is 0 Å². The van der Waals surface area contributed by atoms with Crippen LogP contribution in [0, 0.1) is 0 Å². The average molecular weight is 227 g/mol. The van der Waals surface area contributed by atoms with E-state index in [1.54, 1.807) is 0 Å². The fourth-order valence-corrected chi connectivity index (χ4v) is 1.70. The Morgan fingerprint density at radius 1 is 1.62 bits per heavy atom. The second-order valence-corrected chi connectivity index (χ2v) is 3.39. The molecular weight excluding hydrogens is 218 g/mol. The summed E-state index contributed by atoms with van der Waals surface area (Å²) in [6.45, 7) is 0. The van der Waals surface area contributed by atoms with E-state index < -0.39 is 24.2 Å². The van der Waals surface area contributed by atoms with Crippen molar-refractivity contribution < 1.29 is 29.0 Å². The summed E-state index contributed by atoms with van der Waals surface area (Å²) in [6, 6.07) is -1.22. The van der Waals surface area contributed by atoms with E-state index in [-0.39, 0.29) is 18.1 Å². The van der Waals surface area contributed by atoms with Crippen molar-refractivity contribution in [2.24, 2.45) is 0 Å². The molecule has 2 unspecified atom stereocenters. The van der Waals surface area contributed by atoms with Gasteiger partial charge >= 0.3 is 11.9 Å². The van der Waals surface area contributed by atoms with Gasteiger partial charge in [-0.15, -0.1) is 0 Å². The highest BCUT2D eigenvalue weighted by atomic mass is 16.5. The summed E-state index contributed by atoms with van der Waals surface area (Å²) in [5.74, 6) is -2.30. The Balaban J connectivity index is 2.26. The number of methoxy groups -OCH3 is 1. The number of rotatable bonds is 2. The number of fused-ring (bicyclic) bond motifs is 1. The maximum atomic E-state index is 11.2. The van der Waals surface area contributed by atoms with Crippen molar-refractivity contribution >= 4 is 17.8 Å². The minimum absolute atomic E-state index is 0.0600. The zero-order valence-electron chi connectivity index (χ0n) is 8.37. The van der Waals surface area contributed by atoms with Crippen LogP contribution in [0.3, 0.4) is 0 Å². The zero-order chi connectivity index (χ0) is 11.9. The molecule has 2 aliphatic rings. The first-order valence-electron chi connectivity index (χ1n) is 4.54. The van der Waals surface area contributed by atoms with Gasteiger partial charge in [-0.25, -0.2) is 9.59 Å². The zero-order valence-corrected chi connectivity index (χ0v) is 8.37. The van der Waals surface area contributed by atoms with E-state index in [4.69, 9.17) is 9.84 Å². The molecule has 86 valence electrons. The van der Waals surface area contributed by atoms with Crippen molar-refractivity contribution in [3.63, 3.8) is 0 Å². The first kappa shape index (κ1) is 10.5. The van der Waals surface area contributed by atoms with Crippen LogP contribution in [0.5, 0.6) is 0 Å². The molecule has 2 aliphatic heterocycles. The standard InChI is InChI=1S/C9H9NO6/c1-15-7(12)2-4-8(9(13)14)10-5(11)3-6(10)16-4/h2,6,8H,3H2,1H3,(H,13,14)/b4-2+. The van der Waals surface area contributed by atoms with Gasteiger partial charge in [0.2, 0.25) is 5.91 Å². The maximum absolute atomic E-state index is 11.2. The Bertz CT molecular complexity index is 401. The number of nitrogens with zero attached hydrogens (tertiary/aromatic N) is 1. The van der Waals surface area contributed by atoms with Gasteiger partial charge in [0, 0.05) is 0 Å². The second kappa shape index (κ2) is 3.51. The number of hydrogen-bond acceptors (Lipinski definition) is 5. The first-order valence-corrected chi connectivity index (χ1v) is 4.54. The fourth-order valence-electron chi connectivity index (χ4n) is 1.70. The van der Waals surface area contributed by atoms with Crippen LogP contribution >= 0.6 is 0 Å². The normalized spacial score (nSPS) is 29.4. The van der Waals surface area contributed by atoms with Crippen molar-refractivity contribution in [3.05, 3.63) is 11.8 Å². The number of esters is 1. The predicted octanol–water partition coefficient (Wildman–Crippen LogP) is -0.915. The van der Waals surface area contributed by atoms with Crippen LogP contribution < -0.4 is 0 Å². The molecule has 0 spiro atoms. The van der Waals surface area contributed by atoms with E-state index in [0.717, 1.165) is 11.0 Å². The van der Waals surface area contributed by atoms with Crippen LogP contribution in [0.1, 0.15) is 6.42 Å². The monoisotopic (exact) mass is 227 g/mol. The second-order valence-electron chi connectivity index (χ2n) is 3.39. The number of carboxylic acids is 1.